The number of aliphatic imine (C=N–C) groups is 1. The lowest BCUT2D eigenvalue weighted by atomic mass is 10.0. The third-order valence-electron chi connectivity index (χ3n) is 4.00. The van der Waals surface area contributed by atoms with Crippen molar-refractivity contribution >= 4 is 35.9 Å². The number of likely N-dealkylation sites (tertiary alicyclic amines) is 1. The number of methoxy groups -OCH3 is 1. The lowest BCUT2D eigenvalue weighted by Crippen LogP contribution is -2.50. The molecule has 0 spiro atoms. The molecule has 0 bridgehead atoms. The maximum Gasteiger partial charge on any atom is 0.310 e. The molecule has 1 atom stereocenters. The summed E-state index contributed by atoms with van der Waals surface area (Å²) in [4.78, 5) is 18.1. The second-order valence-corrected chi connectivity index (χ2v) is 5.93. The summed E-state index contributed by atoms with van der Waals surface area (Å²) in [6, 6.07) is 1.06. The molecule has 1 heterocycles. The number of hydrogen-bond acceptors (Lipinski definition) is 4. The SMILES string of the molecule is CN=C(NCC(C)C(=O)OC)NC1CCN(C(C)C)CC1.I. The van der Waals surface area contributed by atoms with E-state index in [2.05, 4.69) is 34.4 Å². The molecule has 2 N–H and O–H groups in total. The molecule has 0 saturated carbocycles. The summed E-state index contributed by atoms with van der Waals surface area (Å²) in [5.74, 6) is 0.369. The van der Waals surface area contributed by atoms with Gasteiger partial charge in [-0.15, -0.1) is 24.0 Å². The van der Waals surface area contributed by atoms with E-state index >= 15 is 0 Å². The largest absolute Gasteiger partial charge is 0.469 e. The standard InChI is InChI=1S/C15H30N4O2.HI/c1-11(2)19-8-6-13(7-9-19)18-15(16-4)17-10-12(3)14(20)21-5;/h11-13H,6-10H2,1-5H3,(H2,16,17,18);1H. The van der Waals surface area contributed by atoms with Gasteiger partial charge in [0.25, 0.3) is 0 Å². The van der Waals surface area contributed by atoms with E-state index in [4.69, 9.17) is 4.74 Å². The van der Waals surface area contributed by atoms with Crippen molar-refractivity contribution in [2.24, 2.45) is 10.9 Å². The van der Waals surface area contributed by atoms with Crippen LogP contribution in [0.3, 0.4) is 0 Å². The van der Waals surface area contributed by atoms with Gasteiger partial charge in [0.1, 0.15) is 0 Å². The average molecular weight is 426 g/mol. The number of esters is 1. The summed E-state index contributed by atoms with van der Waals surface area (Å²) in [7, 11) is 3.16. The van der Waals surface area contributed by atoms with Crippen molar-refractivity contribution in [1.29, 1.82) is 0 Å². The summed E-state index contributed by atoms with van der Waals surface area (Å²) in [5, 5.41) is 6.63. The van der Waals surface area contributed by atoms with Crippen LogP contribution in [-0.4, -0.2) is 62.7 Å². The first-order valence-electron chi connectivity index (χ1n) is 7.77. The predicted octanol–water partition coefficient (Wildman–Crippen LogP) is 1.45. The van der Waals surface area contributed by atoms with Gasteiger partial charge in [0, 0.05) is 38.8 Å². The number of carbonyl (C=O) groups excluding carboxylic acids is 1. The van der Waals surface area contributed by atoms with Gasteiger partial charge in [0.2, 0.25) is 0 Å². The number of ether oxygens (including phenoxy) is 1. The van der Waals surface area contributed by atoms with Crippen LogP contribution < -0.4 is 10.6 Å². The van der Waals surface area contributed by atoms with Gasteiger partial charge in [0.15, 0.2) is 5.96 Å². The van der Waals surface area contributed by atoms with Crippen LogP contribution >= 0.6 is 24.0 Å². The zero-order chi connectivity index (χ0) is 15.8. The molecule has 7 heteroatoms. The number of guanidine groups is 1. The second-order valence-electron chi connectivity index (χ2n) is 5.93. The highest BCUT2D eigenvalue weighted by Gasteiger charge is 2.21. The smallest absolute Gasteiger partial charge is 0.310 e. The van der Waals surface area contributed by atoms with Gasteiger partial charge in [-0.05, 0) is 26.7 Å². The highest BCUT2D eigenvalue weighted by Crippen LogP contribution is 2.12. The molecule has 0 radical (unpaired) electrons. The molecule has 0 aromatic rings. The fourth-order valence-electron chi connectivity index (χ4n) is 2.48. The van der Waals surface area contributed by atoms with Crippen LogP contribution in [0.1, 0.15) is 33.6 Å². The van der Waals surface area contributed by atoms with Crippen molar-refractivity contribution in [3.63, 3.8) is 0 Å². The molecule has 0 amide bonds. The molecule has 1 fully saturated rings. The van der Waals surface area contributed by atoms with Crippen molar-refractivity contribution in [1.82, 2.24) is 15.5 Å². The van der Waals surface area contributed by atoms with Crippen molar-refractivity contribution in [3.8, 4) is 0 Å². The molecular formula is C15H31IN4O2. The fraction of sp³-hybridized carbons (Fsp3) is 0.867. The third-order valence-corrected chi connectivity index (χ3v) is 4.00. The fourth-order valence-corrected chi connectivity index (χ4v) is 2.48. The van der Waals surface area contributed by atoms with E-state index in [9.17, 15) is 4.79 Å². The summed E-state index contributed by atoms with van der Waals surface area (Å²) in [5.41, 5.74) is 0. The number of nitrogens with one attached hydrogen (secondary N) is 2. The third kappa shape index (κ3) is 7.13. The summed E-state index contributed by atoms with van der Waals surface area (Å²) in [6.07, 6.45) is 2.23. The van der Waals surface area contributed by atoms with E-state index in [1.54, 1.807) is 7.05 Å². The van der Waals surface area contributed by atoms with Crippen LogP contribution in [-0.2, 0) is 9.53 Å². The predicted molar refractivity (Wildman–Crippen MR) is 101 cm³/mol. The monoisotopic (exact) mass is 426 g/mol. The Labute approximate surface area is 151 Å². The number of hydrogen-bond donors (Lipinski definition) is 2. The Morgan fingerprint density at radius 1 is 1.32 bits per heavy atom. The van der Waals surface area contributed by atoms with E-state index in [0.717, 1.165) is 31.9 Å². The van der Waals surface area contributed by atoms with Crippen molar-refractivity contribution < 1.29 is 9.53 Å². The van der Waals surface area contributed by atoms with Crippen LogP contribution in [0, 0.1) is 5.92 Å². The van der Waals surface area contributed by atoms with E-state index in [-0.39, 0.29) is 35.9 Å². The second kappa shape index (κ2) is 11.0. The van der Waals surface area contributed by atoms with Gasteiger partial charge in [-0.3, -0.25) is 9.79 Å². The van der Waals surface area contributed by atoms with Gasteiger partial charge < -0.3 is 20.3 Å². The number of carbonyl (C=O) groups is 1. The van der Waals surface area contributed by atoms with E-state index in [1.165, 1.54) is 7.11 Å². The maximum absolute atomic E-state index is 11.4. The Morgan fingerprint density at radius 3 is 2.36 bits per heavy atom. The first-order chi connectivity index (χ1) is 9.97. The maximum atomic E-state index is 11.4. The van der Waals surface area contributed by atoms with Gasteiger partial charge in [-0.1, -0.05) is 6.92 Å². The Hall–Kier alpha value is -0.570. The Morgan fingerprint density at radius 2 is 1.91 bits per heavy atom. The van der Waals surface area contributed by atoms with E-state index < -0.39 is 0 Å². The number of rotatable bonds is 5. The molecule has 0 aromatic carbocycles. The highest BCUT2D eigenvalue weighted by atomic mass is 127. The Balaban J connectivity index is 0.00000441. The van der Waals surface area contributed by atoms with Gasteiger partial charge >= 0.3 is 5.97 Å². The van der Waals surface area contributed by atoms with Crippen LogP contribution in [0.4, 0.5) is 0 Å². The lowest BCUT2D eigenvalue weighted by molar-refractivity contribution is -0.144. The minimum absolute atomic E-state index is 0. The number of halogens is 1. The molecule has 6 nitrogen and oxygen atoms in total. The molecule has 0 aliphatic carbocycles. The van der Waals surface area contributed by atoms with Crippen molar-refractivity contribution in [3.05, 3.63) is 0 Å². The minimum Gasteiger partial charge on any atom is -0.469 e. The Kier molecular flexibility index (Phi) is 10.8. The van der Waals surface area contributed by atoms with Crippen molar-refractivity contribution in [2.75, 3.05) is 33.8 Å². The van der Waals surface area contributed by atoms with Crippen LogP contribution in [0.2, 0.25) is 0 Å². The zero-order valence-electron chi connectivity index (χ0n) is 14.4. The van der Waals surface area contributed by atoms with Crippen LogP contribution in [0.25, 0.3) is 0 Å². The summed E-state index contributed by atoms with van der Waals surface area (Å²) >= 11 is 0. The molecule has 1 aliphatic heterocycles. The number of nitrogens with zero attached hydrogens (tertiary/aromatic N) is 2. The summed E-state index contributed by atoms with van der Waals surface area (Å²) < 4.78 is 4.72. The minimum atomic E-state index is -0.205. The quantitative estimate of drug-likeness (QED) is 0.302. The highest BCUT2D eigenvalue weighted by molar-refractivity contribution is 14.0. The first-order valence-corrected chi connectivity index (χ1v) is 7.77. The summed E-state index contributed by atoms with van der Waals surface area (Å²) in [6.45, 7) is 9.07. The van der Waals surface area contributed by atoms with E-state index in [0.29, 0.717) is 18.6 Å². The van der Waals surface area contributed by atoms with Gasteiger partial charge in [-0.25, -0.2) is 0 Å². The first kappa shape index (κ1) is 21.4. The average Bonchev–Trinajstić information content (AvgIpc) is 2.50. The molecule has 1 saturated heterocycles. The topological polar surface area (TPSA) is 66.0 Å². The molecule has 1 rings (SSSR count). The van der Waals surface area contributed by atoms with Gasteiger partial charge in [-0.2, -0.15) is 0 Å². The van der Waals surface area contributed by atoms with Crippen molar-refractivity contribution in [2.45, 2.75) is 45.7 Å². The van der Waals surface area contributed by atoms with Gasteiger partial charge in [0.05, 0.1) is 13.0 Å². The molecule has 1 unspecified atom stereocenters. The molecule has 0 aromatic heterocycles. The van der Waals surface area contributed by atoms with Crippen LogP contribution in [0.15, 0.2) is 4.99 Å². The Bertz CT molecular complexity index is 355. The van der Waals surface area contributed by atoms with Crippen LogP contribution in [0.5, 0.6) is 0 Å². The number of piperidine rings is 1. The lowest BCUT2D eigenvalue weighted by Gasteiger charge is -2.35. The zero-order valence-corrected chi connectivity index (χ0v) is 16.7. The molecule has 130 valence electrons. The van der Waals surface area contributed by atoms with E-state index in [1.807, 2.05) is 6.92 Å². The normalized spacial score (nSPS) is 18.5. The molecule has 1 aliphatic rings. The molecule has 22 heavy (non-hydrogen) atoms. The molecular weight excluding hydrogens is 395 g/mol.